The Bertz CT molecular complexity index is 1630. The highest BCUT2D eigenvalue weighted by Crippen LogP contribution is 2.45. The average Bonchev–Trinajstić information content (AvgIpc) is 3.11. The van der Waals surface area contributed by atoms with Gasteiger partial charge in [0.2, 0.25) is 0 Å². The fourth-order valence-corrected chi connectivity index (χ4v) is 7.09. The number of carbonyl (C=O) groups excluding carboxylic acids is 4. The maximum Gasteiger partial charge on any atom is 0.338 e. The van der Waals surface area contributed by atoms with Crippen molar-refractivity contribution in [2.75, 3.05) is 13.2 Å². The zero-order chi connectivity index (χ0) is 33.5. The topological polar surface area (TPSA) is 137 Å². The second-order valence-electron chi connectivity index (χ2n) is 12.6. The molecule has 0 spiro atoms. The molecule has 2 fully saturated rings. The number of aliphatic hydroxyl groups excluding tert-OH is 1. The van der Waals surface area contributed by atoms with Crippen molar-refractivity contribution in [2.24, 2.45) is 17.8 Å². The quantitative estimate of drug-likeness (QED) is 0.295. The number of fused-ring (bicyclic) bond motifs is 9. The van der Waals surface area contributed by atoms with Crippen LogP contribution >= 0.6 is 0 Å². The number of para-hydroxylation sites is 1. The second-order valence-corrected chi connectivity index (χ2v) is 12.6. The Morgan fingerprint density at radius 3 is 2.25 bits per heavy atom. The molecule has 2 saturated carbocycles. The van der Waals surface area contributed by atoms with Gasteiger partial charge in [0.1, 0.15) is 18.0 Å². The van der Waals surface area contributed by atoms with Crippen LogP contribution in [0, 0.1) is 17.8 Å². The van der Waals surface area contributed by atoms with Crippen molar-refractivity contribution < 1.29 is 43.2 Å². The molecule has 2 aliphatic carbocycles. The van der Waals surface area contributed by atoms with Crippen molar-refractivity contribution in [3.63, 3.8) is 0 Å². The zero-order valence-corrected chi connectivity index (χ0v) is 26.4. The van der Waals surface area contributed by atoms with E-state index in [1.54, 1.807) is 84.9 Å². The van der Waals surface area contributed by atoms with Crippen LogP contribution in [0.1, 0.15) is 64.4 Å². The molecule has 0 saturated heterocycles. The first-order chi connectivity index (χ1) is 23.4. The number of hydrogen-bond donors (Lipinski definition) is 2. The molecule has 7 atom stereocenters. The summed E-state index contributed by atoms with van der Waals surface area (Å²) in [6.07, 6.45) is 2.78. The van der Waals surface area contributed by atoms with Gasteiger partial charge in [-0.2, -0.15) is 0 Å². The van der Waals surface area contributed by atoms with Gasteiger partial charge in [0.05, 0.1) is 24.8 Å². The summed E-state index contributed by atoms with van der Waals surface area (Å²) in [5.74, 6) is -2.26. The van der Waals surface area contributed by atoms with Gasteiger partial charge >= 0.3 is 17.9 Å². The average molecular weight is 654 g/mol. The number of esters is 3. The van der Waals surface area contributed by atoms with E-state index in [0.29, 0.717) is 48.1 Å². The maximum atomic E-state index is 13.7. The summed E-state index contributed by atoms with van der Waals surface area (Å²) in [7, 11) is 0. The highest BCUT2D eigenvalue weighted by atomic mass is 16.6. The van der Waals surface area contributed by atoms with Gasteiger partial charge in [0.15, 0.2) is 6.10 Å². The summed E-state index contributed by atoms with van der Waals surface area (Å²) in [4.78, 5) is 52.8. The zero-order valence-electron chi connectivity index (χ0n) is 26.4. The second kappa shape index (κ2) is 15.3. The smallest absolute Gasteiger partial charge is 0.338 e. The van der Waals surface area contributed by atoms with Crippen LogP contribution in [-0.4, -0.2) is 60.4 Å². The molecular weight excluding hydrogens is 614 g/mol. The summed E-state index contributed by atoms with van der Waals surface area (Å²) in [5.41, 5.74) is 1.16. The molecule has 4 aliphatic rings. The van der Waals surface area contributed by atoms with Crippen LogP contribution in [0.4, 0.5) is 0 Å². The summed E-state index contributed by atoms with van der Waals surface area (Å²) in [5, 5.41) is 14.3. The number of hydrogen-bond acceptors (Lipinski definition) is 9. The third kappa shape index (κ3) is 7.94. The summed E-state index contributed by atoms with van der Waals surface area (Å²) < 4.78 is 23.7. The van der Waals surface area contributed by atoms with Crippen LogP contribution in [-0.2, 0) is 23.8 Å². The third-order valence-corrected chi connectivity index (χ3v) is 9.27. The molecule has 0 aromatic heterocycles. The van der Waals surface area contributed by atoms with Crippen molar-refractivity contribution in [1.29, 1.82) is 0 Å². The molecule has 3 aromatic rings. The van der Waals surface area contributed by atoms with Gasteiger partial charge in [0, 0.05) is 29.0 Å². The van der Waals surface area contributed by atoms with Gasteiger partial charge < -0.3 is 29.4 Å². The normalized spacial score (nSPS) is 28.2. The Kier molecular flexibility index (Phi) is 10.5. The Hall–Kier alpha value is -4.96. The number of ether oxygens (including phenoxy) is 4. The van der Waals surface area contributed by atoms with E-state index in [2.05, 4.69) is 5.32 Å². The van der Waals surface area contributed by atoms with Crippen LogP contribution in [0.2, 0.25) is 0 Å². The summed E-state index contributed by atoms with van der Waals surface area (Å²) >= 11 is 0. The third-order valence-electron chi connectivity index (χ3n) is 9.27. The van der Waals surface area contributed by atoms with Crippen LogP contribution < -0.4 is 10.1 Å². The molecule has 1 unspecified atom stereocenters. The fraction of sp³-hybridized carbons (Fsp3) is 0.368. The van der Waals surface area contributed by atoms with E-state index in [1.165, 1.54) is 6.08 Å². The molecule has 10 heteroatoms. The number of carbonyl (C=O) groups is 4. The van der Waals surface area contributed by atoms with Crippen LogP contribution in [0.25, 0.3) is 0 Å². The number of aliphatic hydroxyl groups is 1. The molecular formula is C38H39NO9. The van der Waals surface area contributed by atoms with E-state index >= 15 is 0 Å². The monoisotopic (exact) mass is 653 g/mol. The molecule has 1 amide bonds. The molecule has 4 bridgehead atoms. The predicted molar refractivity (Wildman–Crippen MR) is 174 cm³/mol. The van der Waals surface area contributed by atoms with Gasteiger partial charge in [0.25, 0.3) is 5.91 Å². The maximum absolute atomic E-state index is 13.7. The van der Waals surface area contributed by atoms with E-state index in [9.17, 15) is 24.3 Å². The number of nitrogens with one attached hydrogen (secondary N) is 1. The highest BCUT2D eigenvalue weighted by Gasteiger charge is 2.47. The van der Waals surface area contributed by atoms with E-state index < -0.39 is 48.2 Å². The van der Waals surface area contributed by atoms with Crippen LogP contribution in [0.15, 0.2) is 97.1 Å². The minimum atomic E-state index is -1.75. The minimum absolute atomic E-state index is 0.0821. The first kappa shape index (κ1) is 33.0. The Balaban J connectivity index is 1.28. The standard InChI is InChI=1S/C38H39NO9/c40-32-17-9-10-18-45-31-16-8-7-15-30(31)33(39-36(42)25-11-3-1-4-12-25)34(41)38(44)47-29-21-24-19-27(22-29)35(28(20-24)23-46-32)48-37(43)26-13-5-2-6-14-26/h1-9,11-17,24,27-29,33-35,41H,10,18-23H2,(H,39,42)/b17-9-/t24-,27-,28-,29-,33+,34-,35?/m1/s1. The van der Waals surface area contributed by atoms with Crippen molar-refractivity contribution in [1.82, 2.24) is 5.32 Å². The lowest BCUT2D eigenvalue weighted by Crippen LogP contribution is -2.49. The Labute approximate surface area is 279 Å². The van der Waals surface area contributed by atoms with Crippen molar-refractivity contribution in [3.8, 4) is 5.75 Å². The predicted octanol–water partition coefficient (Wildman–Crippen LogP) is 4.97. The lowest BCUT2D eigenvalue weighted by Gasteiger charge is -2.46. The van der Waals surface area contributed by atoms with Gasteiger partial charge in [-0.1, -0.05) is 60.7 Å². The SMILES string of the molecule is O=C1/C=C\CCOc2ccccc2[C@H](NC(=O)c2ccccc2)[C@@H](O)C(=O)O[C@@H]2C[C@@H]3C[C@H](C2)C(OC(=O)c2ccccc2)[C@@H](CO1)C3. The molecule has 2 N–H and O–H groups in total. The molecule has 7 rings (SSSR count). The Morgan fingerprint density at radius 2 is 1.48 bits per heavy atom. The fourth-order valence-electron chi connectivity index (χ4n) is 7.09. The lowest BCUT2D eigenvalue weighted by molar-refractivity contribution is -0.169. The molecule has 0 radical (unpaired) electrons. The first-order valence-corrected chi connectivity index (χ1v) is 16.4. The summed E-state index contributed by atoms with van der Waals surface area (Å²) in [6, 6.07) is 22.8. The van der Waals surface area contributed by atoms with Crippen molar-refractivity contribution in [2.45, 2.75) is 56.5 Å². The van der Waals surface area contributed by atoms with Gasteiger partial charge in [-0.25, -0.2) is 14.4 Å². The molecule has 10 nitrogen and oxygen atoms in total. The minimum Gasteiger partial charge on any atom is -0.493 e. The number of rotatable bonds is 4. The first-order valence-electron chi connectivity index (χ1n) is 16.4. The molecule has 48 heavy (non-hydrogen) atoms. The molecule has 2 aliphatic heterocycles. The van der Waals surface area contributed by atoms with Crippen molar-refractivity contribution >= 4 is 23.8 Å². The van der Waals surface area contributed by atoms with Gasteiger partial charge in [-0.3, -0.25) is 4.79 Å². The molecule has 3 aromatic carbocycles. The Morgan fingerprint density at radius 1 is 0.792 bits per heavy atom. The van der Waals surface area contributed by atoms with E-state index in [0.717, 1.165) is 6.42 Å². The van der Waals surface area contributed by atoms with Crippen molar-refractivity contribution in [3.05, 3.63) is 114 Å². The number of benzene rings is 3. The lowest BCUT2D eigenvalue weighted by atomic mass is 9.65. The van der Waals surface area contributed by atoms with E-state index in [-0.39, 0.29) is 31.0 Å². The number of amides is 1. The van der Waals surface area contributed by atoms with Gasteiger partial charge in [-0.15, -0.1) is 0 Å². The largest absolute Gasteiger partial charge is 0.493 e. The molecule has 250 valence electrons. The molecule has 2 heterocycles. The van der Waals surface area contributed by atoms with Gasteiger partial charge in [-0.05, 0) is 68.4 Å². The van der Waals surface area contributed by atoms with E-state index in [1.807, 2.05) is 6.07 Å². The highest BCUT2D eigenvalue weighted by molar-refractivity contribution is 5.95. The van der Waals surface area contributed by atoms with E-state index in [4.69, 9.17) is 18.9 Å². The summed E-state index contributed by atoms with van der Waals surface area (Å²) in [6.45, 7) is 0.255. The van der Waals surface area contributed by atoms with Crippen LogP contribution in [0.3, 0.4) is 0 Å². The van der Waals surface area contributed by atoms with Crippen LogP contribution in [0.5, 0.6) is 5.75 Å².